The van der Waals surface area contributed by atoms with E-state index in [4.69, 9.17) is 11.6 Å². The van der Waals surface area contributed by atoms with Crippen molar-refractivity contribution >= 4 is 17.9 Å². The van der Waals surface area contributed by atoms with E-state index in [0.29, 0.717) is 34.7 Å². The number of aliphatic hydroxyl groups excluding tert-OH is 1. The second-order valence-electron chi connectivity index (χ2n) is 7.42. The van der Waals surface area contributed by atoms with Crippen molar-refractivity contribution in [2.24, 2.45) is 0 Å². The van der Waals surface area contributed by atoms with Crippen LogP contribution >= 0.6 is 11.6 Å². The number of nitrogens with zero attached hydrogens (tertiary/aromatic N) is 2. The number of carbonyl (C=O) groups is 1. The average molecular weight is 466 g/mol. The van der Waals surface area contributed by atoms with Gasteiger partial charge in [0, 0.05) is 28.7 Å². The Kier molecular flexibility index (Phi) is 7.71. The molecule has 0 aliphatic carbocycles. The summed E-state index contributed by atoms with van der Waals surface area (Å²) in [5.74, 6) is 0. The molecule has 0 saturated heterocycles. The molecule has 5 nitrogen and oxygen atoms in total. The third kappa shape index (κ3) is 5.76. The Bertz CT molecular complexity index is 1050. The van der Waals surface area contributed by atoms with Crippen LogP contribution in [0.4, 0.5) is 13.2 Å². The van der Waals surface area contributed by atoms with Crippen molar-refractivity contribution in [3.8, 4) is 5.69 Å². The van der Waals surface area contributed by atoms with E-state index in [1.165, 1.54) is 12.3 Å². The van der Waals surface area contributed by atoms with Gasteiger partial charge in [-0.25, -0.2) is 4.68 Å². The molecule has 0 bridgehead atoms. The Hall–Kier alpha value is -2.68. The molecule has 0 aliphatic heterocycles. The summed E-state index contributed by atoms with van der Waals surface area (Å²) >= 11 is 5.93. The Morgan fingerprint density at radius 3 is 2.59 bits per heavy atom. The minimum atomic E-state index is -4.47. The van der Waals surface area contributed by atoms with Crippen LogP contribution in [0.25, 0.3) is 5.69 Å². The highest BCUT2D eigenvalue weighted by Crippen LogP contribution is 2.32. The summed E-state index contributed by atoms with van der Waals surface area (Å²) in [4.78, 5) is 10.7. The summed E-state index contributed by atoms with van der Waals surface area (Å²) in [6.07, 6.45) is -2.25. The lowest BCUT2D eigenvalue weighted by Gasteiger charge is -2.24. The normalized spacial score (nSPS) is 13.7. The first-order valence-electron chi connectivity index (χ1n) is 10.1. The molecule has 1 heterocycles. The summed E-state index contributed by atoms with van der Waals surface area (Å²) in [5, 5.41) is 18.7. The standard InChI is InChI=1S/C23H23ClF3N3O2/c1-15-20(14-28-30(15)19-10-8-18(24)9-11-19)22(32)29-21(7-2-3-12-31)16-5-4-6-17(13-16)23(25,26)27/h4-6,8-14,21-22,29,32H,2-3,7H2,1H3/t21-,22?/m0/s1. The van der Waals surface area contributed by atoms with Crippen molar-refractivity contribution in [2.75, 3.05) is 0 Å². The fourth-order valence-corrected chi connectivity index (χ4v) is 3.62. The Labute approximate surface area is 188 Å². The lowest BCUT2D eigenvalue weighted by molar-refractivity contribution is -0.137. The number of aliphatic hydroxyl groups is 1. The Morgan fingerprint density at radius 1 is 1.22 bits per heavy atom. The quantitative estimate of drug-likeness (QED) is 0.247. The predicted molar refractivity (Wildman–Crippen MR) is 116 cm³/mol. The largest absolute Gasteiger partial charge is 0.416 e. The van der Waals surface area contributed by atoms with Gasteiger partial charge in [0.2, 0.25) is 0 Å². The molecule has 170 valence electrons. The van der Waals surface area contributed by atoms with Gasteiger partial charge in [-0.3, -0.25) is 5.32 Å². The molecule has 2 atom stereocenters. The summed E-state index contributed by atoms with van der Waals surface area (Å²) in [5.41, 5.74) is 1.53. The maximum absolute atomic E-state index is 13.2. The van der Waals surface area contributed by atoms with E-state index in [-0.39, 0.29) is 6.42 Å². The highest BCUT2D eigenvalue weighted by atomic mass is 35.5. The summed E-state index contributed by atoms with van der Waals surface area (Å²) in [7, 11) is 0. The average Bonchev–Trinajstić information content (AvgIpc) is 3.14. The zero-order valence-corrected chi connectivity index (χ0v) is 18.1. The van der Waals surface area contributed by atoms with Crippen LogP contribution in [0.15, 0.2) is 54.7 Å². The van der Waals surface area contributed by atoms with E-state index >= 15 is 0 Å². The van der Waals surface area contributed by atoms with Gasteiger partial charge in [-0.1, -0.05) is 23.7 Å². The monoisotopic (exact) mass is 465 g/mol. The van der Waals surface area contributed by atoms with E-state index in [0.717, 1.165) is 24.1 Å². The molecule has 0 aliphatic rings. The van der Waals surface area contributed by atoms with Crippen molar-refractivity contribution < 1.29 is 23.1 Å². The number of aldehydes is 1. The number of nitrogens with one attached hydrogen (secondary N) is 1. The molecule has 0 radical (unpaired) electrons. The molecule has 2 N–H and O–H groups in total. The number of rotatable bonds is 9. The second-order valence-corrected chi connectivity index (χ2v) is 7.85. The van der Waals surface area contributed by atoms with Crippen LogP contribution in [0.1, 0.15) is 53.9 Å². The van der Waals surface area contributed by atoms with Crippen LogP contribution in [-0.4, -0.2) is 21.2 Å². The van der Waals surface area contributed by atoms with E-state index in [1.807, 2.05) is 0 Å². The molecule has 0 saturated carbocycles. The first kappa shape index (κ1) is 24.0. The minimum Gasteiger partial charge on any atom is -0.374 e. The molecule has 3 rings (SSSR count). The van der Waals surface area contributed by atoms with E-state index in [2.05, 4.69) is 10.4 Å². The topological polar surface area (TPSA) is 67.2 Å². The number of benzene rings is 2. The van der Waals surface area contributed by atoms with Crippen LogP contribution in [0.2, 0.25) is 5.02 Å². The fourth-order valence-electron chi connectivity index (χ4n) is 3.50. The fraction of sp³-hybridized carbons (Fsp3) is 0.304. The van der Waals surface area contributed by atoms with Gasteiger partial charge in [-0.15, -0.1) is 0 Å². The van der Waals surface area contributed by atoms with Crippen LogP contribution in [-0.2, 0) is 11.0 Å². The molecule has 3 aromatic rings. The van der Waals surface area contributed by atoms with Crippen LogP contribution in [0.3, 0.4) is 0 Å². The van der Waals surface area contributed by atoms with Gasteiger partial charge < -0.3 is 9.90 Å². The second kappa shape index (κ2) is 10.3. The van der Waals surface area contributed by atoms with Gasteiger partial charge in [-0.2, -0.15) is 18.3 Å². The van der Waals surface area contributed by atoms with Crippen molar-refractivity contribution in [3.05, 3.63) is 82.1 Å². The van der Waals surface area contributed by atoms with Crippen molar-refractivity contribution in [2.45, 2.75) is 44.6 Å². The van der Waals surface area contributed by atoms with Crippen LogP contribution < -0.4 is 5.32 Å². The first-order chi connectivity index (χ1) is 15.2. The third-order valence-electron chi connectivity index (χ3n) is 5.20. The van der Waals surface area contributed by atoms with Gasteiger partial charge >= 0.3 is 6.18 Å². The van der Waals surface area contributed by atoms with E-state index in [9.17, 15) is 23.1 Å². The number of unbranched alkanes of at least 4 members (excludes halogenated alkanes) is 1. The number of hydrogen-bond acceptors (Lipinski definition) is 4. The molecule has 0 amide bonds. The summed E-state index contributed by atoms with van der Waals surface area (Å²) < 4.78 is 41.2. The number of alkyl halides is 3. The zero-order valence-electron chi connectivity index (χ0n) is 17.3. The van der Waals surface area contributed by atoms with Gasteiger partial charge in [0.05, 0.1) is 17.4 Å². The van der Waals surface area contributed by atoms with Gasteiger partial charge in [0.1, 0.15) is 12.5 Å². The number of halogens is 4. The van der Waals surface area contributed by atoms with Gasteiger partial charge in [0.25, 0.3) is 0 Å². The zero-order chi connectivity index (χ0) is 23.3. The summed E-state index contributed by atoms with van der Waals surface area (Å²) in [6.45, 7) is 1.79. The van der Waals surface area contributed by atoms with E-state index in [1.54, 1.807) is 41.9 Å². The third-order valence-corrected chi connectivity index (χ3v) is 5.46. The number of carbonyl (C=O) groups excluding carboxylic acids is 1. The van der Waals surface area contributed by atoms with E-state index < -0.39 is 24.0 Å². The van der Waals surface area contributed by atoms with Gasteiger partial charge in [-0.05, 0) is 61.7 Å². The molecule has 1 unspecified atom stereocenters. The maximum atomic E-state index is 13.2. The maximum Gasteiger partial charge on any atom is 0.416 e. The highest BCUT2D eigenvalue weighted by Gasteiger charge is 2.31. The molecule has 2 aromatic carbocycles. The van der Waals surface area contributed by atoms with Crippen molar-refractivity contribution in [3.63, 3.8) is 0 Å². The molecular weight excluding hydrogens is 443 g/mol. The van der Waals surface area contributed by atoms with Gasteiger partial charge in [0.15, 0.2) is 0 Å². The SMILES string of the molecule is Cc1c(C(O)N[C@@H](CCCC=O)c2cccc(C(F)(F)F)c2)cnn1-c1ccc(Cl)cc1. The first-order valence-corrected chi connectivity index (χ1v) is 10.4. The smallest absolute Gasteiger partial charge is 0.374 e. The lowest BCUT2D eigenvalue weighted by atomic mass is 9.98. The Balaban J connectivity index is 1.85. The lowest BCUT2D eigenvalue weighted by Crippen LogP contribution is -2.27. The highest BCUT2D eigenvalue weighted by molar-refractivity contribution is 6.30. The molecular formula is C23H23ClF3N3O2. The predicted octanol–water partition coefficient (Wildman–Crippen LogP) is 5.54. The summed E-state index contributed by atoms with van der Waals surface area (Å²) in [6, 6.07) is 11.4. The van der Waals surface area contributed by atoms with Crippen LogP contribution in [0.5, 0.6) is 0 Å². The van der Waals surface area contributed by atoms with Crippen molar-refractivity contribution in [1.82, 2.24) is 15.1 Å². The molecule has 0 fully saturated rings. The molecule has 0 spiro atoms. The number of hydrogen-bond donors (Lipinski definition) is 2. The molecule has 9 heteroatoms. The molecule has 32 heavy (non-hydrogen) atoms. The minimum absolute atomic E-state index is 0.279. The number of aromatic nitrogens is 2. The van der Waals surface area contributed by atoms with Crippen molar-refractivity contribution in [1.29, 1.82) is 0 Å². The Morgan fingerprint density at radius 2 is 1.94 bits per heavy atom. The molecule has 1 aromatic heterocycles. The van der Waals surface area contributed by atoms with Crippen LogP contribution in [0, 0.1) is 6.92 Å².